The molecule has 0 bridgehead atoms. The summed E-state index contributed by atoms with van der Waals surface area (Å²) in [6.07, 6.45) is 1.23. The molecule has 0 aromatic heterocycles. The first-order chi connectivity index (χ1) is 10.1. The van der Waals surface area contributed by atoms with Crippen molar-refractivity contribution < 1.29 is 4.79 Å². The second-order valence-electron chi connectivity index (χ2n) is 5.93. The quantitative estimate of drug-likeness (QED) is 0.893. The number of nitrogens with zero attached hydrogens (tertiary/aromatic N) is 2. The van der Waals surface area contributed by atoms with E-state index in [1.54, 1.807) is 6.07 Å². The van der Waals surface area contributed by atoms with E-state index in [9.17, 15) is 4.79 Å². The van der Waals surface area contributed by atoms with Gasteiger partial charge < -0.3 is 10.2 Å². The van der Waals surface area contributed by atoms with Gasteiger partial charge in [-0.05, 0) is 43.7 Å². The second-order valence-corrected chi connectivity index (χ2v) is 6.37. The Morgan fingerprint density at radius 1 is 1.27 bits per heavy atom. The zero-order chi connectivity index (χ0) is 14.8. The molecular weight excluding hydrogens is 321 g/mol. The van der Waals surface area contributed by atoms with E-state index in [1.165, 1.54) is 6.42 Å². The van der Waals surface area contributed by atoms with Gasteiger partial charge in [-0.15, -0.1) is 12.4 Å². The number of rotatable bonds is 2. The van der Waals surface area contributed by atoms with E-state index in [0.29, 0.717) is 11.1 Å². The molecule has 22 heavy (non-hydrogen) atoms. The summed E-state index contributed by atoms with van der Waals surface area (Å²) >= 11 is 5.96. The summed E-state index contributed by atoms with van der Waals surface area (Å²) in [4.78, 5) is 17.1. The van der Waals surface area contributed by atoms with Crippen molar-refractivity contribution in [3.05, 3.63) is 34.3 Å². The Kier molecular flexibility index (Phi) is 6.09. The van der Waals surface area contributed by atoms with Crippen LogP contribution in [-0.2, 0) is 0 Å². The predicted octanol–water partition coefficient (Wildman–Crippen LogP) is 2.19. The van der Waals surface area contributed by atoms with Crippen LogP contribution in [0.1, 0.15) is 22.3 Å². The average Bonchev–Trinajstić information content (AvgIpc) is 3.01. The number of amides is 1. The number of hydrogen-bond donors (Lipinski definition) is 1. The standard InChI is InChI=1S/C16H22ClN3O.ClH/c1-12-10-13(17)2-3-15(12)16(21)20-8-6-19(7-9-20)14-4-5-18-11-14;/h2-3,10,14,18H,4-9,11H2,1H3;1H. The molecular formula is C16H23Cl2N3O. The summed E-state index contributed by atoms with van der Waals surface area (Å²) < 4.78 is 0. The number of hydrogen-bond acceptors (Lipinski definition) is 3. The van der Waals surface area contributed by atoms with E-state index in [-0.39, 0.29) is 18.3 Å². The van der Waals surface area contributed by atoms with Crippen LogP contribution in [0.5, 0.6) is 0 Å². The minimum atomic E-state index is 0. The minimum absolute atomic E-state index is 0. The Bertz CT molecular complexity index is 524. The highest BCUT2D eigenvalue weighted by Gasteiger charge is 2.28. The molecule has 3 rings (SSSR count). The largest absolute Gasteiger partial charge is 0.336 e. The highest BCUT2D eigenvalue weighted by atomic mass is 35.5. The van der Waals surface area contributed by atoms with E-state index in [2.05, 4.69) is 10.2 Å². The van der Waals surface area contributed by atoms with Gasteiger partial charge in [0.25, 0.3) is 5.91 Å². The van der Waals surface area contributed by atoms with Crippen molar-refractivity contribution in [1.82, 2.24) is 15.1 Å². The Labute approximate surface area is 143 Å². The van der Waals surface area contributed by atoms with E-state index in [4.69, 9.17) is 11.6 Å². The molecule has 2 heterocycles. The number of carbonyl (C=O) groups excluding carboxylic acids is 1. The zero-order valence-electron chi connectivity index (χ0n) is 12.8. The average molecular weight is 344 g/mol. The van der Waals surface area contributed by atoms with Crippen molar-refractivity contribution in [2.24, 2.45) is 0 Å². The summed E-state index contributed by atoms with van der Waals surface area (Å²) in [6.45, 7) is 7.74. The van der Waals surface area contributed by atoms with Crippen LogP contribution in [-0.4, -0.2) is 61.0 Å². The molecule has 0 aliphatic carbocycles. The molecule has 2 fully saturated rings. The maximum atomic E-state index is 12.6. The second kappa shape index (κ2) is 7.64. The number of nitrogens with one attached hydrogen (secondary N) is 1. The van der Waals surface area contributed by atoms with Crippen LogP contribution < -0.4 is 5.32 Å². The fourth-order valence-electron chi connectivity index (χ4n) is 3.28. The first-order valence-electron chi connectivity index (χ1n) is 7.65. The fraction of sp³-hybridized carbons (Fsp3) is 0.562. The Hall–Kier alpha value is -0.810. The van der Waals surface area contributed by atoms with Crippen LogP contribution in [0.2, 0.25) is 5.02 Å². The first-order valence-corrected chi connectivity index (χ1v) is 8.03. The number of carbonyl (C=O) groups is 1. The molecule has 122 valence electrons. The molecule has 6 heteroatoms. The number of piperazine rings is 1. The number of benzene rings is 1. The van der Waals surface area contributed by atoms with Crippen LogP contribution in [0, 0.1) is 6.92 Å². The summed E-state index contributed by atoms with van der Waals surface area (Å²) in [5.74, 6) is 0.133. The minimum Gasteiger partial charge on any atom is -0.336 e. The van der Waals surface area contributed by atoms with Crippen LogP contribution in [0.4, 0.5) is 0 Å². The lowest BCUT2D eigenvalue weighted by Crippen LogP contribution is -2.52. The van der Waals surface area contributed by atoms with E-state index >= 15 is 0 Å². The molecule has 2 saturated heterocycles. The molecule has 0 spiro atoms. The van der Waals surface area contributed by atoms with E-state index in [0.717, 1.165) is 50.4 Å². The van der Waals surface area contributed by atoms with E-state index in [1.807, 2.05) is 24.0 Å². The Morgan fingerprint density at radius 2 is 2.00 bits per heavy atom. The molecule has 1 aromatic carbocycles. The summed E-state index contributed by atoms with van der Waals surface area (Å²) in [5.41, 5.74) is 1.73. The summed E-state index contributed by atoms with van der Waals surface area (Å²) in [6, 6.07) is 6.14. The molecule has 1 unspecified atom stereocenters. The Morgan fingerprint density at radius 3 is 2.59 bits per heavy atom. The molecule has 0 saturated carbocycles. The van der Waals surface area contributed by atoms with Gasteiger partial charge in [0.05, 0.1) is 0 Å². The van der Waals surface area contributed by atoms with Gasteiger partial charge in [-0.25, -0.2) is 0 Å². The van der Waals surface area contributed by atoms with Crippen LogP contribution in [0.3, 0.4) is 0 Å². The molecule has 0 radical (unpaired) electrons. The van der Waals surface area contributed by atoms with Crippen LogP contribution >= 0.6 is 24.0 Å². The van der Waals surface area contributed by atoms with Gasteiger partial charge in [0.15, 0.2) is 0 Å². The number of halogens is 2. The van der Waals surface area contributed by atoms with Crippen molar-refractivity contribution in [2.75, 3.05) is 39.3 Å². The van der Waals surface area contributed by atoms with Gasteiger partial charge >= 0.3 is 0 Å². The number of aryl methyl sites for hydroxylation is 1. The SMILES string of the molecule is Cc1cc(Cl)ccc1C(=O)N1CCN(C2CCNC2)CC1.Cl. The molecule has 1 amide bonds. The van der Waals surface area contributed by atoms with E-state index < -0.39 is 0 Å². The van der Waals surface area contributed by atoms with Crippen LogP contribution in [0.25, 0.3) is 0 Å². The zero-order valence-corrected chi connectivity index (χ0v) is 14.4. The molecule has 1 aromatic rings. The van der Waals surface area contributed by atoms with Crippen LogP contribution in [0.15, 0.2) is 18.2 Å². The fourth-order valence-corrected chi connectivity index (χ4v) is 3.51. The van der Waals surface area contributed by atoms with Gasteiger partial charge in [-0.3, -0.25) is 9.69 Å². The van der Waals surface area contributed by atoms with Gasteiger partial charge in [0, 0.05) is 49.4 Å². The molecule has 4 nitrogen and oxygen atoms in total. The van der Waals surface area contributed by atoms with Gasteiger partial charge in [0.2, 0.25) is 0 Å². The third kappa shape index (κ3) is 3.74. The maximum absolute atomic E-state index is 12.6. The van der Waals surface area contributed by atoms with Crippen molar-refractivity contribution in [3.63, 3.8) is 0 Å². The topological polar surface area (TPSA) is 35.6 Å². The molecule has 2 aliphatic heterocycles. The highest BCUT2D eigenvalue weighted by Crippen LogP contribution is 2.19. The third-order valence-corrected chi connectivity index (χ3v) is 4.81. The lowest BCUT2D eigenvalue weighted by Gasteiger charge is -2.38. The first kappa shape index (κ1) is 17.5. The maximum Gasteiger partial charge on any atom is 0.254 e. The predicted molar refractivity (Wildman–Crippen MR) is 92.2 cm³/mol. The summed E-state index contributed by atoms with van der Waals surface area (Å²) in [7, 11) is 0. The third-order valence-electron chi connectivity index (χ3n) is 4.57. The van der Waals surface area contributed by atoms with Crippen molar-refractivity contribution in [3.8, 4) is 0 Å². The van der Waals surface area contributed by atoms with Crippen molar-refractivity contribution in [1.29, 1.82) is 0 Å². The summed E-state index contributed by atoms with van der Waals surface area (Å²) in [5, 5.41) is 4.09. The lowest BCUT2D eigenvalue weighted by molar-refractivity contribution is 0.0583. The molecule has 2 aliphatic rings. The monoisotopic (exact) mass is 343 g/mol. The smallest absolute Gasteiger partial charge is 0.254 e. The normalized spacial score (nSPS) is 22.5. The lowest BCUT2D eigenvalue weighted by atomic mass is 10.1. The van der Waals surface area contributed by atoms with Crippen molar-refractivity contribution in [2.45, 2.75) is 19.4 Å². The molecule has 1 N–H and O–H groups in total. The highest BCUT2D eigenvalue weighted by molar-refractivity contribution is 6.30. The molecule has 1 atom stereocenters. The van der Waals surface area contributed by atoms with Gasteiger partial charge in [-0.1, -0.05) is 11.6 Å². The van der Waals surface area contributed by atoms with Gasteiger partial charge in [-0.2, -0.15) is 0 Å². The van der Waals surface area contributed by atoms with Gasteiger partial charge in [0.1, 0.15) is 0 Å². The Balaban J connectivity index is 0.00000176. The van der Waals surface area contributed by atoms with Crippen molar-refractivity contribution >= 4 is 29.9 Å².